The number of hydrogen-bond donors (Lipinski definition) is 1. The largest absolute Gasteiger partial charge is 0.463 e. The van der Waals surface area contributed by atoms with Crippen molar-refractivity contribution in [3.8, 4) is 18.2 Å². The number of terminal acetylenes is 1. The Kier molecular flexibility index (Phi) is 5.63. The number of nitrogens with zero attached hydrogens (tertiary/aromatic N) is 4. The molecule has 2 aliphatic rings. The smallest absolute Gasteiger partial charge is 0.233 e. The van der Waals surface area contributed by atoms with Gasteiger partial charge in [-0.05, 0) is 31.9 Å². The monoisotopic (exact) mass is 457 g/mol. The number of rotatable bonds is 7. The summed E-state index contributed by atoms with van der Waals surface area (Å²) in [6, 6.07) is 1.56. The Bertz CT molecular complexity index is 1170. The molecule has 2 aromatic rings. The average molecular weight is 458 g/mol. The maximum Gasteiger partial charge on any atom is 0.233 e. The van der Waals surface area contributed by atoms with Gasteiger partial charge in [0.05, 0.1) is 22.2 Å². The first kappa shape index (κ1) is 22.1. The Morgan fingerprint density at radius 1 is 1.44 bits per heavy atom. The number of ketones is 1. The molecule has 7 nitrogen and oxygen atoms in total. The number of pyridine rings is 1. The van der Waals surface area contributed by atoms with E-state index in [4.69, 9.17) is 16.9 Å². The van der Waals surface area contributed by atoms with E-state index in [1.807, 2.05) is 0 Å². The third-order valence-electron chi connectivity index (χ3n) is 5.88. The molecular weight excluding hydrogens is 436 g/mol. The van der Waals surface area contributed by atoms with Gasteiger partial charge in [-0.1, -0.05) is 17.7 Å². The highest BCUT2D eigenvalue weighted by molar-refractivity contribution is 8.15. The molecule has 10 heteroatoms. The lowest BCUT2D eigenvalue weighted by molar-refractivity contribution is 0.0986. The molecule has 0 saturated heterocycles. The first-order valence-corrected chi connectivity index (χ1v) is 10.7. The van der Waals surface area contributed by atoms with Crippen molar-refractivity contribution in [2.45, 2.75) is 37.0 Å². The van der Waals surface area contributed by atoms with Gasteiger partial charge >= 0.3 is 0 Å². The van der Waals surface area contributed by atoms with Crippen LogP contribution >= 0.6 is 11.8 Å². The zero-order chi connectivity index (χ0) is 23.1. The van der Waals surface area contributed by atoms with Crippen molar-refractivity contribution < 1.29 is 18.3 Å². The molecule has 1 saturated carbocycles. The number of nitrogens with two attached hydrogens (primary N) is 1. The molecule has 0 bridgehead atoms. The van der Waals surface area contributed by atoms with Crippen LogP contribution in [0.15, 0.2) is 23.5 Å². The molecule has 1 aliphatic carbocycles. The lowest BCUT2D eigenvalue weighted by Gasteiger charge is -2.33. The van der Waals surface area contributed by atoms with Crippen LogP contribution in [-0.4, -0.2) is 43.9 Å². The maximum absolute atomic E-state index is 14.8. The number of aryl methyl sites for hydroxylation is 1. The number of alkyl halides is 1. The zero-order valence-corrected chi connectivity index (χ0v) is 18.4. The van der Waals surface area contributed by atoms with E-state index in [0.717, 1.165) is 0 Å². The number of amidine groups is 1. The zero-order valence-electron chi connectivity index (χ0n) is 17.6. The summed E-state index contributed by atoms with van der Waals surface area (Å²) in [7, 11) is 0. The summed E-state index contributed by atoms with van der Waals surface area (Å²) < 4.78 is 33.0. The summed E-state index contributed by atoms with van der Waals surface area (Å²) in [5.41, 5.74) is 6.14. The molecule has 0 aromatic carbocycles. The van der Waals surface area contributed by atoms with Gasteiger partial charge in [-0.15, -0.1) is 6.42 Å². The number of fused-ring (bicyclic) bond motifs is 1. The van der Waals surface area contributed by atoms with Gasteiger partial charge in [0.15, 0.2) is 17.6 Å². The number of aromatic nitrogens is 3. The van der Waals surface area contributed by atoms with E-state index in [0.29, 0.717) is 17.7 Å². The Labute approximate surface area is 188 Å². The van der Waals surface area contributed by atoms with Crippen LogP contribution in [0.1, 0.15) is 40.7 Å². The number of Topliss-reactive ketones (excluding diaryl/α,β-unsaturated/α-hetero) is 1. The van der Waals surface area contributed by atoms with E-state index in [1.165, 1.54) is 24.2 Å². The fourth-order valence-electron chi connectivity index (χ4n) is 4.20. The molecule has 4 rings (SSSR count). The standard InChI is InChI=1S/C22H21F2N5O2S/c1-4-5-31-17-10-26-18(12(2)28-17)15(30)7-13-6-14(19(24)27-9-13)21(3)16-8-22(16,11-23)32-20(25)29-21/h1,6,9-10,16H,5,7-8,11H2,2-3H3,(H2,25,29)/t16-,21+,22+/m0/s1. The summed E-state index contributed by atoms with van der Waals surface area (Å²) in [6.07, 6.45) is 8.26. The number of ether oxygens (including phenoxy) is 1. The van der Waals surface area contributed by atoms with E-state index < -0.39 is 22.9 Å². The van der Waals surface area contributed by atoms with Gasteiger partial charge in [-0.25, -0.2) is 19.3 Å². The SMILES string of the molecule is C#CCOc1cnc(C(=O)Cc2cnc(F)c([C@@]3(C)N=C(N)S[C@@]4(CF)C[C@H]43)c2)c(C)n1. The minimum Gasteiger partial charge on any atom is -0.463 e. The normalized spacial score (nSPS) is 26.0. The highest BCUT2D eigenvalue weighted by Crippen LogP contribution is 2.65. The van der Waals surface area contributed by atoms with E-state index in [1.54, 1.807) is 19.9 Å². The van der Waals surface area contributed by atoms with Gasteiger partial charge in [0, 0.05) is 24.1 Å². The summed E-state index contributed by atoms with van der Waals surface area (Å²) >= 11 is 1.20. The van der Waals surface area contributed by atoms with Crippen molar-refractivity contribution in [1.29, 1.82) is 0 Å². The summed E-state index contributed by atoms with van der Waals surface area (Å²) in [6.45, 7) is 2.85. The molecule has 2 N–H and O–H groups in total. The predicted octanol–water partition coefficient (Wildman–Crippen LogP) is 2.76. The second-order valence-electron chi connectivity index (χ2n) is 8.07. The molecule has 3 heterocycles. The van der Waals surface area contributed by atoms with Crippen LogP contribution in [-0.2, 0) is 12.0 Å². The molecule has 1 aliphatic heterocycles. The minimum atomic E-state index is -1.05. The van der Waals surface area contributed by atoms with Gasteiger partial charge in [0.1, 0.15) is 12.4 Å². The van der Waals surface area contributed by atoms with Crippen LogP contribution in [0.25, 0.3) is 0 Å². The molecule has 32 heavy (non-hydrogen) atoms. The lowest BCUT2D eigenvalue weighted by Crippen LogP contribution is -2.37. The molecule has 3 atom stereocenters. The van der Waals surface area contributed by atoms with E-state index in [2.05, 4.69) is 25.9 Å². The van der Waals surface area contributed by atoms with Crippen LogP contribution in [0.2, 0.25) is 0 Å². The Morgan fingerprint density at radius 3 is 2.91 bits per heavy atom. The van der Waals surface area contributed by atoms with Crippen LogP contribution in [0, 0.1) is 31.1 Å². The predicted molar refractivity (Wildman–Crippen MR) is 117 cm³/mol. The number of carbonyl (C=O) groups excluding carboxylic acids is 1. The molecule has 0 unspecified atom stereocenters. The summed E-state index contributed by atoms with van der Waals surface area (Å²) in [5, 5.41) is 0.220. The van der Waals surface area contributed by atoms with E-state index in [-0.39, 0.29) is 47.0 Å². The van der Waals surface area contributed by atoms with Gasteiger partial charge < -0.3 is 10.5 Å². The van der Waals surface area contributed by atoms with Gasteiger partial charge in [-0.3, -0.25) is 9.79 Å². The number of halogens is 2. The summed E-state index contributed by atoms with van der Waals surface area (Å²) in [5.74, 6) is 1.32. The maximum atomic E-state index is 14.8. The summed E-state index contributed by atoms with van der Waals surface area (Å²) in [4.78, 5) is 29.5. The quantitative estimate of drug-likeness (QED) is 0.387. The first-order valence-electron chi connectivity index (χ1n) is 9.90. The van der Waals surface area contributed by atoms with Crippen molar-refractivity contribution in [2.24, 2.45) is 16.6 Å². The lowest BCUT2D eigenvalue weighted by atomic mass is 9.86. The third kappa shape index (κ3) is 3.81. The third-order valence-corrected chi connectivity index (χ3v) is 7.14. The topological polar surface area (TPSA) is 103 Å². The van der Waals surface area contributed by atoms with Crippen molar-refractivity contribution in [1.82, 2.24) is 15.0 Å². The number of thioether (sulfide) groups is 1. The Hall–Kier alpha value is -3.06. The fourth-order valence-corrected chi connectivity index (χ4v) is 5.53. The minimum absolute atomic E-state index is 0.0421. The van der Waals surface area contributed by atoms with Crippen LogP contribution in [0.5, 0.6) is 5.88 Å². The molecule has 2 aromatic heterocycles. The van der Waals surface area contributed by atoms with E-state index >= 15 is 0 Å². The molecule has 0 spiro atoms. The number of aliphatic imine (C=N–C) groups is 1. The van der Waals surface area contributed by atoms with Crippen molar-refractivity contribution >= 4 is 22.7 Å². The van der Waals surface area contributed by atoms with Crippen LogP contribution in [0.4, 0.5) is 8.78 Å². The number of hydrogen-bond acceptors (Lipinski definition) is 8. The van der Waals surface area contributed by atoms with E-state index in [9.17, 15) is 13.6 Å². The molecule has 0 radical (unpaired) electrons. The molecular formula is C22H21F2N5O2S. The second kappa shape index (κ2) is 8.13. The van der Waals surface area contributed by atoms with Crippen molar-refractivity contribution in [2.75, 3.05) is 13.3 Å². The highest BCUT2D eigenvalue weighted by atomic mass is 32.2. The first-order chi connectivity index (χ1) is 15.2. The number of carbonyl (C=O) groups is 1. The van der Waals surface area contributed by atoms with Crippen LogP contribution in [0.3, 0.4) is 0 Å². The highest BCUT2D eigenvalue weighted by Gasteiger charge is 2.66. The van der Waals surface area contributed by atoms with Crippen molar-refractivity contribution in [3.63, 3.8) is 0 Å². The Morgan fingerprint density at radius 2 is 2.22 bits per heavy atom. The van der Waals surface area contributed by atoms with Crippen LogP contribution < -0.4 is 10.5 Å². The molecule has 0 amide bonds. The van der Waals surface area contributed by atoms with Gasteiger partial charge in [-0.2, -0.15) is 4.39 Å². The van der Waals surface area contributed by atoms with Gasteiger partial charge in [0.2, 0.25) is 11.8 Å². The molecule has 1 fully saturated rings. The molecule has 166 valence electrons. The van der Waals surface area contributed by atoms with Crippen molar-refractivity contribution in [3.05, 3.63) is 46.9 Å². The average Bonchev–Trinajstić information content (AvgIpc) is 3.49. The van der Waals surface area contributed by atoms with Gasteiger partial charge in [0.25, 0.3) is 0 Å². The second-order valence-corrected chi connectivity index (χ2v) is 9.51. The Balaban J connectivity index is 1.60. The fraction of sp³-hybridized carbons (Fsp3) is 0.409.